The Labute approximate surface area is 113 Å². The molecule has 110 valence electrons. The molecule has 0 aromatic carbocycles. The zero-order valence-electron chi connectivity index (χ0n) is 12.0. The second-order valence-electron chi connectivity index (χ2n) is 5.39. The molecule has 0 aromatic heterocycles. The van der Waals surface area contributed by atoms with Crippen molar-refractivity contribution in [2.24, 2.45) is 17.8 Å². The van der Waals surface area contributed by atoms with Crippen LogP contribution in [0.3, 0.4) is 0 Å². The van der Waals surface area contributed by atoms with Gasteiger partial charge in [-0.15, -0.1) is 0 Å². The van der Waals surface area contributed by atoms with Crippen LogP contribution in [0.5, 0.6) is 0 Å². The molecule has 0 aromatic rings. The highest BCUT2D eigenvalue weighted by Gasteiger charge is 2.15. The fraction of sp³-hybridized carbons (Fsp3) is 0.769. The number of urea groups is 1. The van der Waals surface area contributed by atoms with Gasteiger partial charge in [-0.1, -0.05) is 27.7 Å². The van der Waals surface area contributed by atoms with Crippen molar-refractivity contribution in [1.82, 2.24) is 10.6 Å². The number of hydrogen-bond donors (Lipinski definition) is 3. The number of nitrogens with one attached hydrogen (secondary N) is 2. The second kappa shape index (κ2) is 8.50. The van der Waals surface area contributed by atoms with Gasteiger partial charge in [0.2, 0.25) is 5.91 Å². The minimum Gasteiger partial charge on any atom is -0.481 e. The number of carbonyl (C=O) groups is 3. The van der Waals surface area contributed by atoms with Gasteiger partial charge in [0.05, 0.1) is 0 Å². The smallest absolute Gasteiger partial charge is 0.321 e. The first-order valence-corrected chi connectivity index (χ1v) is 6.51. The molecule has 2 unspecified atom stereocenters. The van der Waals surface area contributed by atoms with Gasteiger partial charge in [-0.2, -0.15) is 0 Å². The molecule has 0 saturated carbocycles. The monoisotopic (exact) mass is 272 g/mol. The Kier molecular flexibility index (Phi) is 7.79. The van der Waals surface area contributed by atoms with Gasteiger partial charge in [-0.25, -0.2) is 4.79 Å². The number of rotatable bonds is 7. The lowest BCUT2D eigenvalue weighted by Crippen LogP contribution is -2.42. The Morgan fingerprint density at radius 3 is 2.11 bits per heavy atom. The van der Waals surface area contributed by atoms with Gasteiger partial charge in [0.25, 0.3) is 0 Å². The van der Waals surface area contributed by atoms with Gasteiger partial charge in [-0.05, 0) is 17.8 Å². The lowest BCUT2D eigenvalue weighted by atomic mass is 9.98. The maximum absolute atomic E-state index is 11.5. The largest absolute Gasteiger partial charge is 0.481 e. The highest BCUT2D eigenvalue weighted by Crippen LogP contribution is 2.08. The Morgan fingerprint density at radius 1 is 1.05 bits per heavy atom. The average Bonchev–Trinajstić information content (AvgIpc) is 2.23. The van der Waals surface area contributed by atoms with Crippen molar-refractivity contribution in [2.75, 3.05) is 6.54 Å². The topological polar surface area (TPSA) is 95.5 Å². The fourth-order valence-corrected chi connectivity index (χ4v) is 1.40. The van der Waals surface area contributed by atoms with Crippen LogP contribution in [0, 0.1) is 17.8 Å². The quantitative estimate of drug-likeness (QED) is 0.656. The van der Waals surface area contributed by atoms with E-state index in [2.05, 4.69) is 24.5 Å². The number of carboxylic acid groups (broad SMARTS) is 1. The molecular formula is C13H24N2O4. The second-order valence-corrected chi connectivity index (χ2v) is 5.39. The van der Waals surface area contributed by atoms with E-state index in [4.69, 9.17) is 5.11 Å². The number of aliphatic carboxylic acids is 1. The average molecular weight is 272 g/mol. The summed E-state index contributed by atoms with van der Waals surface area (Å²) < 4.78 is 0. The van der Waals surface area contributed by atoms with Crippen LogP contribution >= 0.6 is 0 Å². The molecule has 0 saturated heterocycles. The summed E-state index contributed by atoms with van der Waals surface area (Å²) in [6.45, 7) is 8.29. The summed E-state index contributed by atoms with van der Waals surface area (Å²) >= 11 is 0. The van der Waals surface area contributed by atoms with Crippen LogP contribution in [0.15, 0.2) is 0 Å². The lowest BCUT2D eigenvalue weighted by Gasteiger charge is -2.16. The van der Waals surface area contributed by atoms with Gasteiger partial charge >= 0.3 is 12.0 Å². The summed E-state index contributed by atoms with van der Waals surface area (Å²) in [5.74, 6) is -0.919. The highest BCUT2D eigenvalue weighted by molar-refractivity contribution is 5.94. The molecule has 0 bridgehead atoms. The Morgan fingerprint density at radius 2 is 1.63 bits per heavy atom. The van der Waals surface area contributed by atoms with Crippen molar-refractivity contribution in [1.29, 1.82) is 0 Å². The molecule has 0 aliphatic rings. The molecule has 3 N–H and O–H groups in total. The molecule has 0 radical (unpaired) electrons. The van der Waals surface area contributed by atoms with E-state index in [-0.39, 0.29) is 18.8 Å². The molecule has 3 amide bonds. The van der Waals surface area contributed by atoms with Crippen LogP contribution < -0.4 is 10.6 Å². The van der Waals surface area contributed by atoms with Crippen molar-refractivity contribution < 1.29 is 19.5 Å². The SMILES string of the molecule is CC(CC(=O)O)CC(=O)NC(=O)NCC(C)C(C)C. The first-order valence-electron chi connectivity index (χ1n) is 6.51. The van der Waals surface area contributed by atoms with E-state index in [0.717, 1.165) is 0 Å². The van der Waals surface area contributed by atoms with E-state index in [9.17, 15) is 14.4 Å². The predicted octanol–water partition coefficient (Wildman–Crippen LogP) is 1.61. The van der Waals surface area contributed by atoms with Crippen molar-refractivity contribution in [2.45, 2.75) is 40.5 Å². The van der Waals surface area contributed by atoms with Crippen LogP contribution in [0.2, 0.25) is 0 Å². The van der Waals surface area contributed by atoms with Crippen LogP contribution in [0.1, 0.15) is 40.5 Å². The van der Waals surface area contributed by atoms with Gasteiger partial charge in [-0.3, -0.25) is 14.9 Å². The normalized spacial score (nSPS) is 13.7. The molecule has 0 heterocycles. The van der Waals surface area contributed by atoms with Crippen LogP contribution in [-0.4, -0.2) is 29.6 Å². The first kappa shape index (κ1) is 17.4. The molecule has 0 aliphatic heterocycles. The van der Waals surface area contributed by atoms with Gasteiger partial charge < -0.3 is 10.4 Å². The number of carbonyl (C=O) groups excluding carboxylic acids is 2. The molecule has 0 rings (SSSR count). The minimum atomic E-state index is -0.949. The number of imide groups is 1. The fourth-order valence-electron chi connectivity index (χ4n) is 1.40. The predicted molar refractivity (Wildman–Crippen MR) is 71.6 cm³/mol. The summed E-state index contributed by atoms with van der Waals surface area (Å²) in [5, 5.41) is 13.4. The van der Waals surface area contributed by atoms with E-state index in [1.54, 1.807) is 6.92 Å². The van der Waals surface area contributed by atoms with E-state index in [1.807, 2.05) is 6.92 Å². The summed E-state index contributed by atoms with van der Waals surface area (Å²) in [6, 6.07) is -0.528. The first-order chi connectivity index (χ1) is 8.72. The summed E-state index contributed by atoms with van der Waals surface area (Å²) in [4.78, 5) is 33.3. The maximum Gasteiger partial charge on any atom is 0.321 e. The van der Waals surface area contributed by atoms with E-state index < -0.39 is 17.9 Å². The maximum atomic E-state index is 11.5. The molecule has 0 aliphatic carbocycles. The highest BCUT2D eigenvalue weighted by atomic mass is 16.4. The van der Waals surface area contributed by atoms with Crippen molar-refractivity contribution in [3.63, 3.8) is 0 Å². The third kappa shape index (κ3) is 9.04. The molecule has 2 atom stereocenters. The minimum absolute atomic E-state index is 0.0272. The molecule has 0 spiro atoms. The van der Waals surface area contributed by atoms with E-state index in [1.165, 1.54) is 0 Å². The third-order valence-corrected chi connectivity index (χ3v) is 3.03. The summed E-state index contributed by atoms with van der Waals surface area (Å²) in [5.41, 5.74) is 0. The Hall–Kier alpha value is -1.59. The van der Waals surface area contributed by atoms with Gasteiger partial charge in [0, 0.05) is 19.4 Å². The van der Waals surface area contributed by atoms with Gasteiger partial charge in [0.15, 0.2) is 0 Å². The zero-order valence-corrected chi connectivity index (χ0v) is 12.0. The van der Waals surface area contributed by atoms with E-state index in [0.29, 0.717) is 18.4 Å². The molecule has 0 fully saturated rings. The van der Waals surface area contributed by atoms with Crippen molar-refractivity contribution in [3.8, 4) is 0 Å². The molecule has 19 heavy (non-hydrogen) atoms. The van der Waals surface area contributed by atoms with Crippen LogP contribution in [0.25, 0.3) is 0 Å². The number of amides is 3. The van der Waals surface area contributed by atoms with Crippen LogP contribution in [-0.2, 0) is 9.59 Å². The number of hydrogen-bond acceptors (Lipinski definition) is 3. The van der Waals surface area contributed by atoms with Crippen LogP contribution in [0.4, 0.5) is 4.79 Å². The third-order valence-electron chi connectivity index (χ3n) is 3.03. The number of carboxylic acids is 1. The van der Waals surface area contributed by atoms with Gasteiger partial charge in [0.1, 0.15) is 0 Å². The standard InChI is InChI=1S/C13H24N2O4/c1-8(2)10(4)7-14-13(19)15-11(16)5-9(3)6-12(17)18/h8-10H,5-7H2,1-4H3,(H,17,18)(H2,14,15,16,19). The lowest BCUT2D eigenvalue weighted by molar-refractivity contribution is -0.138. The van der Waals surface area contributed by atoms with Crippen molar-refractivity contribution in [3.05, 3.63) is 0 Å². The summed E-state index contributed by atoms with van der Waals surface area (Å²) in [7, 11) is 0. The zero-order chi connectivity index (χ0) is 15.0. The Balaban J connectivity index is 3.93. The molecular weight excluding hydrogens is 248 g/mol. The molecule has 6 heteroatoms. The molecule has 6 nitrogen and oxygen atoms in total. The van der Waals surface area contributed by atoms with E-state index >= 15 is 0 Å². The Bertz CT molecular complexity index is 329. The van der Waals surface area contributed by atoms with Crippen molar-refractivity contribution >= 4 is 17.9 Å². The summed E-state index contributed by atoms with van der Waals surface area (Å²) in [6.07, 6.45) is -0.0567.